The predicted octanol–water partition coefficient (Wildman–Crippen LogP) is 4.60. The van der Waals surface area contributed by atoms with Crippen LogP contribution in [0.5, 0.6) is 0 Å². The van der Waals surface area contributed by atoms with Gasteiger partial charge >= 0.3 is 6.03 Å². The van der Waals surface area contributed by atoms with E-state index in [1.165, 1.54) is 5.56 Å². The van der Waals surface area contributed by atoms with Crippen LogP contribution in [0.4, 0.5) is 10.6 Å². The van der Waals surface area contributed by atoms with Gasteiger partial charge in [0.25, 0.3) is 0 Å². The number of rotatable bonds is 10. The van der Waals surface area contributed by atoms with Crippen molar-refractivity contribution < 1.29 is 14.4 Å². The molecule has 3 unspecified atom stereocenters. The minimum atomic E-state index is -0.577. The fourth-order valence-electron chi connectivity index (χ4n) is 5.31. The number of amides is 3. The molecule has 1 aromatic carbocycles. The lowest BCUT2D eigenvalue weighted by atomic mass is 9.79. The first-order chi connectivity index (χ1) is 19.5. The molecule has 40 heavy (non-hydrogen) atoms. The Morgan fingerprint density at radius 2 is 1.73 bits per heavy atom. The fraction of sp³-hybridized carbons (Fsp3) is 0.387. The molecule has 1 saturated carbocycles. The van der Waals surface area contributed by atoms with Gasteiger partial charge < -0.3 is 15.4 Å². The number of anilines is 1. The van der Waals surface area contributed by atoms with Gasteiger partial charge in [0.2, 0.25) is 5.91 Å². The molecule has 0 spiro atoms. The minimum absolute atomic E-state index is 0.0535. The zero-order valence-corrected chi connectivity index (χ0v) is 23.4. The van der Waals surface area contributed by atoms with Crippen LogP contribution in [0.2, 0.25) is 0 Å². The van der Waals surface area contributed by atoms with Crippen molar-refractivity contribution >= 4 is 24.5 Å². The Kier molecular flexibility index (Phi) is 11.8. The lowest BCUT2D eigenvalue weighted by molar-refractivity contribution is -0.120. The first kappa shape index (κ1) is 30.4. The summed E-state index contributed by atoms with van der Waals surface area (Å²) in [7, 11) is 0. The molecule has 1 aliphatic carbocycles. The normalized spacial score (nSPS) is 17.1. The van der Waals surface area contributed by atoms with E-state index in [-0.39, 0.29) is 18.0 Å². The van der Waals surface area contributed by atoms with Gasteiger partial charge in [-0.2, -0.15) is 0 Å². The maximum absolute atomic E-state index is 13.3. The van der Waals surface area contributed by atoms with Crippen LogP contribution in [-0.2, 0) is 16.1 Å². The number of hydrogen-bond acceptors (Lipinski definition) is 6. The second-order valence-corrected chi connectivity index (χ2v) is 9.76. The van der Waals surface area contributed by atoms with Crippen molar-refractivity contribution in [2.45, 2.75) is 64.1 Å². The highest BCUT2D eigenvalue weighted by Gasteiger charge is 2.31. The summed E-state index contributed by atoms with van der Waals surface area (Å²) >= 11 is 0. The Bertz CT molecular complexity index is 1190. The van der Waals surface area contributed by atoms with Gasteiger partial charge in [0.05, 0.1) is 6.54 Å². The summed E-state index contributed by atoms with van der Waals surface area (Å²) in [6, 6.07) is 17.3. The summed E-state index contributed by atoms with van der Waals surface area (Å²) in [6.07, 6.45) is 9.36. The summed E-state index contributed by atoms with van der Waals surface area (Å²) in [5, 5.41) is 3.55. The molecule has 2 heterocycles. The molecule has 212 valence electrons. The fourth-order valence-corrected chi connectivity index (χ4v) is 5.31. The zero-order valence-electron chi connectivity index (χ0n) is 23.4. The summed E-state index contributed by atoms with van der Waals surface area (Å²) in [5.74, 6) is 0.503. The number of benzene rings is 1. The first-order valence-corrected chi connectivity index (χ1v) is 13.8. The van der Waals surface area contributed by atoms with Crippen molar-refractivity contribution in [3.63, 3.8) is 0 Å². The van der Waals surface area contributed by atoms with Crippen LogP contribution in [0, 0.1) is 0 Å². The van der Waals surface area contributed by atoms with Crippen LogP contribution in [0.15, 0.2) is 73.2 Å². The van der Waals surface area contributed by atoms with Crippen molar-refractivity contribution in [3.05, 3.63) is 89.9 Å². The molecule has 0 bridgehead atoms. The van der Waals surface area contributed by atoms with Gasteiger partial charge in [-0.25, -0.2) is 9.78 Å². The zero-order chi connectivity index (χ0) is 28.9. The quantitative estimate of drug-likeness (QED) is 0.385. The lowest BCUT2D eigenvalue weighted by Gasteiger charge is -2.35. The van der Waals surface area contributed by atoms with Crippen LogP contribution in [-0.4, -0.2) is 52.7 Å². The topological polar surface area (TPSA) is 122 Å². The van der Waals surface area contributed by atoms with Gasteiger partial charge in [-0.1, -0.05) is 49.2 Å². The van der Waals surface area contributed by atoms with E-state index in [0.717, 1.165) is 36.8 Å². The average molecular weight is 545 g/mol. The lowest BCUT2D eigenvalue weighted by Crippen LogP contribution is -2.44. The van der Waals surface area contributed by atoms with E-state index in [1.807, 2.05) is 51.0 Å². The number of nitrogens with one attached hydrogen (secondary N) is 1. The van der Waals surface area contributed by atoms with Crippen molar-refractivity contribution in [2.24, 2.45) is 5.73 Å². The Morgan fingerprint density at radius 3 is 2.33 bits per heavy atom. The van der Waals surface area contributed by atoms with Crippen LogP contribution in [0.1, 0.15) is 68.2 Å². The molecule has 9 nitrogen and oxygen atoms in total. The van der Waals surface area contributed by atoms with Crippen LogP contribution in [0.25, 0.3) is 0 Å². The number of pyridine rings is 2. The SMILES string of the molecule is C=O.CCN(CC)C(=O)N(Cc1ccc(C2CCCCC2NC(C(N)=O)c2cccnc2)cc1)c1ccccn1. The smallest absolute Gasteiger partial charge is 0.325 e. The Labute approximate surface area is 236 Å². The maximum atomic E-state index is 13.3. The molecular weight excluding hydrogens is 504 g/mol. The third-order valence-electron chi connectivity index (χ3n) is 7.39. The number of carbonyl (C=O) groups excluding carboxylic acids is 3. The van der Waals surface area contributed by atoms with Crippen molar-refractivity contribution in [1.82, 2.24) is 20.2 Å². The summed E-state index contributed by atoms with van der Waals surface area (Å²) < 4.78 is 0. The second kappa shape index (κ2) is 15.5. The molecule has 9 heteroatoms. The highest BCUT2D eigenvalue weighted by atomic mass is 16.2. The predicted molar refractivity (Wildman–Crippen MR) is 157 cm³/mol. The largest absolute Gasteiger partial charge is 0.368 e. The summed E-state index contributed by atoms with van der Waals surface area (Å²) in [6.45, 7) is 7.68. The van der Waals surface area contributed by atoms with E-state index in [9.17, 15) is 9.59 Å². The van der Waals surface area contributed by atoms with Gasteiger partial charge in [-0.3, -0.25) is 20.0 Å². The standard InChI is InChI=1S/C30H38N6O2.CH2O/c1-3-35(4-2)30(38)36(27-13-7-8-19-33-27)21-22-14-16-23(17-15-22)25-11-5-6-12-26(25)34-28(29(31)37)24-10-9-18-32-20-24;1-2/h7-10,13-20,25-26,28,34H,3-6,11-12,21H2,1-2H3,(H2,31,37);1H2. The highest BCUT2D eigenvalue weighted by Crippen LogP contribution is 2.35. The van der Waals surface area contributed by atoms with Gasteiger partial charge in [-0.15, -0.1) is 0 Å². The molecule has 3 N–H and O–H groups in total. The van der Waals surface area contributed by atoms with Crippen molar-refractivity contribution in [2.75, 3.05) is 18.0 Å². The van der Waals surface area contributed by atoms with E-state index in [1.54, 1.807) is 28.4 Å². The van der Waals surface area contributed by atoms with Crippen molar-refractivity contribution in [3.8, 4) is 0 Å². The first-order valence-electron chi connectivity index (χ1n) is 13.8. The van der Waals surface area contributed by atoms with E-state index >= 15 is 0 Å². The second-order valence-electron chi connectivity index (χ2n) is 9.76. The molecule has 3 atom stereocenters. The van der Waals surface area contributed by atoms with E-state index in [2.05, 4.69) is 39.6 Å². The van der Waals surface area contributed by atoms with E-state index in [0.29, 0.717) is 25.5 Å². The van der Waals surface area contributed by atoms with Gasteiger partial charge in [0, 0.05) is 37.7 Å². The molecule has 0 radical (unpaired) electrons. The number of carbonyl (C=O) groups is 3. The van der Waals surface area contributed by atoms with Crippen LogP contribution in [0.3, 0.4) is 0 Å². The number of urea groups is 1. The number of nitrogens with two attached hydrogens (primary N) is 1. The molecule has 1 fully saturated rings. The Morgan fingerprint density at radius 1 is 1.00 bits per heavy atom. The third kappa shape index (κ3) is 7.72. The highest BCUT2D eigenvalue weighted by molar-refractivity contribution is 5.90. The molecule has 3 aromatic rings. The maximum Gasteiger partial charge on any atom is 0.325 e. The van der Waals surface area contributed by atoms with Gasteiger partial charge in [-0.05, 0) is 67.5 Å². The summed E-state index contributed by atoms with van der Waals surface area (Å²) in [4.78, 5) is 45.8. The molecule has 0 aliphatic heterocycles. The average Bonchev–Trinajstić information content (AvgIpc) is 3.01. The monoisotopic (exact) mass is 544 g/mol. The number of primary amides is 1. The van der Waals surface area contributed by atoms with Crippen molar-refractivity contribution in [1.29, 1.82) is 0 Å². The number of nitrogens with zero attached hydrogens (tertiary/aromatic N) is 4. The molecule has 0 saturated heterocycles. The minimum Gasteiger partial charge on any atom is -0.368 e. The third-order valence-corrected chi connectivity index (χ3v) is 7.39. The molecular formula is C31H40N6O3. The van der Waals surface area contributed by atoms with E-state index < -0.39 is 11.9 Å². The van der Waals surface area contributed by atoms with E-state index in [4.69, 9.17) is 10.5 Å². The van der Waals surface area contributed by atoms with Crippen LogP contribution < -0.4 is 16.0 Å². The molecule has 4 rings (SSSR count). The number of hydrogen-bond donors (Lipinski definition) is 2. The molecule has 3 amide bonds. The van der Waals surface area contributed by atoms with Gasteiger partial charge in [0.15, 0.2) is 0 Å². The molecule has 2 aromatic heterocycles. The van der Waals surface area contributed by atoms with Gasteiger partial charge in [0.1, 0.15) is 18.6 Å². The Hall–Kier alpha value is -4.11. The Balaban J connectivity index is 0.00000216. The molecule has 1 aliphatic rings. The number of aromatic nitrogens is 2. The summed E-state index contributed by atoms with van der Waals surface area (Å²) in [5.41, 5.74) is 8.82. The van der Waals surface area contributed by atoms with Crippen LogP contribution >= 0.6 is 0 Å².